The Labute approximate surface area is 81.5 Å². The lowest BCUT2D eigenvalue weighted by molar-refractivity contribution is 0.550. The summed E-state index contributed by atoms with van der Waals surface area (Å²) in [5, 5.41) is 13.7. The molecule has 0 spiro atoms. The summed E-state index contributed by atoms with van der Waals surface area (Å²) in [5.41, 5.74) is 1.93. The summed E-state index contributed by atoms with van der Waals surface area (Å²) < 4.78 is 5.04. The van der Waals surface area contributed by atoms with E-state index < -0.39 is 0 Å². The van der Waals surface area contributed by atoms with Crippen molar-refractivity contribution in [2.45, 2.75) is 13.0 Å². The largest absolute Gasteiger partial charge is 0.472 e. The van der Waals surface area contributed by atoms with Gasteiger partial charge in [0, 0.05) is 5.56 Å². The van der Waals surface area contributed by atoms with Crippen LogP contribution >= 0.6 is 0 Å². The van der Waals surface area contributed by atoms with Gasteiger partial charge in [-0.05, 0) is 12.6 Å². The second kappa shape index (κ2) is 4.06. The molecule has 0 fully saturated rings. The molecule has 2 rings (SSSR count). The van der Waals surface area contributed by atoms with Crippen molar-refractivity contribution < 1.29 is 4.42 Å². The van der Waals surface area contributed by atoms with Gasteiger partial charge in [0.2, 0.25) is 0 Å². The first-order chi connectivity index (χ1) is 6.92. The minimum Gasteiger partial charge on any atom is -0.472 e. The van der Waals surface area contributed by atoms with Crippen molar-refractivity contribution >= 4 is 0 Å². The van der Waals surface area contributed by atoms with E-state index in [0.29, 0.717) is 0 Å². The molecule has 2 N–H and O–H groups in total. The summed E-state index contributed by atoms with van der Waals surface area (Å²) >= 11 is 0. The smallest absolute Gasteiger partial charge is 0.104 e. The molecule has 5 heteroatoms. The maximum absolute atomic E-state index is 5.04. The van der Waals surface area contributed by atoms with Crippen LogP contribution in [0.15, 0.2) is 29.2 Å². The maximum atomic E-state index is 5.04. The van der Waals surface area contributed by atoms with Crippen molar-refractivity contribution in [1.82, 2.24) is 20.7 Å². The Hall–Kier alpha value is -1.62. The molecule has 0 aliphatic carbocycles. The van der Waals surface area contributed by atoms with Gasteiger partial charge in [0.25, 0.3) is 0 Å². The molecule has 0 amide bonds. The minimum atomic E-state index is 0.0532. The molecule has 0 saturated heterocycles. The molecule has 2 heterocycles. The molecule has 0 aromatic carbocycles. The highest BCUT2D eigenvalue weighted by molar-refractivity contribution is 5.21. The van der Waals surface area contributed by atoms with Crippen LogP contribution in [0, 0.1) is 0 Å². The number of aromatic amines is 1. The zero-order valence-electron chi connectivity index (χ0n) is 7.90. The van der Waals surface area contributed by atoms with Crippen LogP contribution in [-0.4, -0.2) is 22.0 Å². The third-order valence-electron chi connectivity index (χ3n) is 2.01. The van der Waals surface area contributed by atoms with Gasteiger partial charge in [0.15, 0.2) is 0 Å². The fourth-order valence-corrected chi connectivity index (χ4v) is 1.39. The molecule has 0 bridgehead atoms. The van der Waals surface area contributed by atoms with Crippen molar-refractivity contribution in [3.8, 4) is 0 Å². The van der Waals surface area contributed by atoms with Gasteiger partial charge in [0.1, 0.15) is 5.69 Å². The van der Waals surface area contributed by atoms with E-state index in [1.165, 1.54) is 0 Å². The highest BCUT2D eigenvalue weighted by Crippen LogP contribution is 2.19. The Bertz CT molecular complexity index is 320. The van der Waals surface area contributed by atoms with E-state index in [1.807, 2.05) is 13.0 Å². The summed E-state index contributed by atoms with van der Waals surface area (Å²) in [6, 6.07) is 1.97. The summed E-state index contributed by atoms with van der Waals surface area (Å²) in [7, 11) is 0. The average Bonchev–Trinajstić information content (AvgIpc) is 2.87. The third-order valence-corrected chi connectivity index (χ3v) is 2.01. The van der Waals surface area contributed by atoms with Crippen LogP contribution in [0.1, 0.15) is 24.2 Å². The summed E-state index contributed by atoms with van der Waals surface area (Å²) in [6.07, 6.45) is 5.07. The molecule has 1 atom stereocenters. The first-order valence-electron chi connectivity index (χ1n) is 4.53. The van der Waals surface area contributed by atoms with Crippen molar-refractivity contribution in [3.63, 3.8) is 0 Å². The number of aromatic nitrogens is 3. The van der Waals surface area contributed by atoms with E-state index in [1.54, 1.807) is 18.7 Å². The number of hydrogen-bond donors (Lipinski definition) is 2. The number of rotatable bonds is 4. The van der Waals surface area contributed by atoms with Crippen molar-refractivity contribution in [3.05, 3.63) is 36.0 Å². The molecular weight excluding hydrogens is 180 g/mol. The highest BCUT2D eigenvalue weighted by Gasteiger charge is 2.16. The molecule has 74 valence electrons. The van der Waals surface area contributed by atoms with Gasteiger partial charge < -0.3 is 9.73 Å². The Kier molecular flexibility index (Phi) is 2.60. The van der Waals surface area contributed by atoms with E-state index in [2.05, 4.69) is 20.7 Å². The predicted molar refractivity (Wildman–Crippen MR) is 50.6 cm³/mol. The van der Waals surface area contributed by atoms with E-state index >= 15 is 0 Å². The average molecular weight is 192 g/mol. The number of nitrogens with zero attached hydrogens (tertiary/aromatic N) is 2. The van der Waals surface area contributed by atoms with Gasteiger partial charge in [-0.25, -0.2) is 0 Å². The summed E-state index contributed by atoms with van der Waals surface area (Å²) in [4.78, 5) is 0. The first-order valence-corrected chi connectivity index (χ1v) is 4.53. The van der Waals surface area contributed by atoms with Crippen LogP contribution in [0.3, 0.4) is 0 Å². The molecule has 2 aromatic rings. The third kappa shape index (κ3) is 1.67. The van der Waals surface area contributed by atoms with Gasteiger partial charge in [-0.3, -0.25) is 0 Å². The topological polar surface area (TPSA) is 66.7 Å². The maximum Gasteiger partial charge on any atom is 0.104 e. The van der Waals surface area contributed by atoms with Gasteiger partial charge >= 0.3 is 0 Å². The molecular formula is C9H12N4O. The molecule has 0 aliphatic rings. The highest BCUT2D eigenvalue weighted by atomic mass is 16.3. The summed E-state index contributed by atoms with van der Waals surface area (Å²) in [6.45, 7) is 2.91. The Morgan fingerprint density at radius 3 is 3.14 bits per heavy atom. The first kappa shape index (κ1) is 8.96. The molecule has 1 unspecified atom stereocenters. The SMILES string of the molecule is CCNC(c1ccoc1)c1cn[nH]n1. The standard InChI is InChI=1S/C9H12N4O/c1-2-10-9(7-3-4-14-6-7)8-5-11-13-12-8/h3-6,9-10H,2H2,1H3,(H,11,12,13). The quantitative estimate of drug-likeness (QED) is 0.761. The van der Waals surface area contributed by atoms with E-state index in [0.717, 1.165) is 17.8 Å². The lowest BCUT2D eigenvalue weighted by Crippen LogP contribution is -2.21. The number of nitrogens with one attached hydrogen (secondary N) is 2. The summed E-state index contributed by atoms with van der Waals surface area (Å²) in [5.74, 6) is 0. The lowest BCUT2D eigenvalue weighted by Gasteiger charge is -2.12. The van der Waals surface area contributed by atoms with E-state index in [9.17, 15) is 0 Å². The fourth-order valence-electron chi connectivity index (χ4n) is 1.39. The molecule has 0 aliphatic heterocycles. The van der Waals surface area contributed by atoms with Crippen LogP contribution < -0.4 is 5.32 Å². The monoisotopic (exact) mass is 192 g/mol. The van der Waals surface area contributed by atoms with Crippen molar-refractivity contribution in [1.29, 1.82) is 0 Å². The zero-order valence-corrected chi connectivity index (χ0v) is 7.90. The molecule has 5 nitrogen and oxygen atoms in total. The Morgan fingerprint density at radius 1 is 1.64 bits per heavy atom. The fraction of sp³-hybridized carbons (Fsp3) is 0.333. The van der Waals surface area contributed by atoms with Crippen molar-refractivity contribution in [2.75, 3.05) is 6.54 Å². The van der Waals surface area contributed by atoms with Gasteiger partial charge in [-0.2, -0.15) is 15.4 Å². The zero-order chi connectivity index (χ0) is 9.80. The van der Waals surface area contributed by atoms with Crippen LogP contribution in [0.4, 0.5) is 0 Å². The van der Waals surface area contributed by atoms with Crippen LogP contribution in [-0.2, 0) is 0 Å². The van der Waals surface area contributed by atoms with Crippen LogP contribution in [0.5, 0.6) is 0 Å². The second-order valence-corrected chi connectivity index (χ2v) is 2.94. The second-order valence-electron chi connectivity index (χ2n) is 2.94. The van der Waals surface area contributed by atoms with Gasteiger partial charge in [-0.15, -0.1) is 0 Å². The van der Waals surface area contributed by atoms with Gasteiger partial charge in [0.05, 0.1) is 24.8 Å². The Morgan fingerprint density at radius 2 is 2.57 bits per heavy atom. The number of furan rings is 1. The minimum absolute atomic E-state index is 0.0532. The predicted octanol–water partition coefficient (Wildman–Crippen LogP) is 1.10. The van der Waals surface area contributed by atoms with E-state index in [-0.39, 0.29) is 6.04 Å². The van der Waals surface area contributed by atoms with Crippen molar-refractivity contribution in [2.24, 2.45) is 0 Å². The number of H-pyrrole nitrogens is 1. The molecule has 2 aromatic heterocycles. The molecule has 0 radical (unpaired) electrons. The van der Waals surface area contributed by atoms with Crippen LogP contribution in [0.2, 0.25) is 0 Å². The normalized spacial score (nSPS) is 12.9. The Balaban J connectivity index is 2.25. The van der Waals surface area contributed by atoms with Gasteiger partial charge in [-0.1, -0.05) is 6.92 Å². The lowest BCUT2D eigenvalue weighted by atomic mass is 10.1. The van der Waals surface area contributed by atoms with Crippen LogP contribution in [0.25, 0.3) is 0 Å². The number of hydrogen-bond acceptors (Lipinski definition) is 4. The van der Waals surface area contributed by atoms with E-state index in [4.69, 9.17) is 4.42 Å². The molecule has 14 heavy (non-hydrogen) atoms. The molecule has 0 saturated carbocycles.